The van der Waals surface area contributed by atoms with Crippen molar-refractivity contribution in [1.82, 2.24) is 15.5 Å². The zero-order valence-electron chi connectivity index (χ0n) is 13.9. The molecule has 2 fully saturated rings. The number of nitrogens with one attached hydrogen (secondary N) is 2. The van der Waals surface area contributed by atoms with E-state index in [-0.39, 0.29) is 11.9 Å². The lowest BCUT2D eigenvalue weighted by Crippen LogP contribution is -2.45. The highest BCUT2D eigenvalue weighted by atomic mass is 16.1. The molecular formula is C17H33N3O. The summed E-state index contributed by atoms with van der Waals surface area (Å²) < 4.78 is 0. The van der Waals surface area contributed by atoms with Gasteiger partial charge in [-0.1, -0.05) is 6.92 Å². The molecule has 0 bridgehead atoms. The molecule has 0 radical (unpaired) electrons. The normalized spacial score (nSPS) is 26.5. The molecule has 2 saturated heterocycles. The van der Waals surface area contributed by atoms with Gasteiger partial charge in [-0.3, -0.25) is 4.79 Å². The molecule has 4 heteroatoms. The smallest absolute Gasteiger partial charge is 0.220 e. The van der Waals surface area contributed by atoms with Crippen LogP contribution in [0.15, 0.2) is 0 Å². The second kappa shape index (κ2) is 8.74. The summed E-state index contributed by atoms with van der Waals surface area (Å²) >= 11 is 0. The van der Waals surface area contributed by atoms with Crippen molar-refractivity contribution in [3.05, 3.63) is 0 Å². The standard InChI is InChI=1S/C17H33N3O/c1-14-4-3-11-20(12-14)13-15(2)19-17(21)6-5-16-7-9-18-10-8-16/h14-16,18H,3-13H2,1-2H3,(H,19,21). The van der Waals surface area contributed by atoms with Gasteiger partial charge in [0.25, 0.3) is 0 Å². The van der Waals surface area contributed by atoms with Crippen molar-refractivity contribution in [2.75, 3.05) is 32.7 Å². The lowest BCUT2D eigenvalue weighted by Gasteiger charge is -2.33. The molecule has 0 spiro atoms. The molecule has 2 heterocycles. The van der Waals surface area contributed by atoms with Gasteiger partial charge in [-0.2, -0.15) is 0 Å². The summed E-state index contributed by atoms with van der Waals surface area (Å²) in [4.78, 5) is 14.6. The van der Waals surface area contributed by atoms with Crippen LogP contribution < -0.4 is 10.6 Å². The zero-order valence-corrected chi connectivity index (χ0v) is 13.9. The van der Waals surface area contributed by atoms with Gasteiger partial charge < -0.3 is 15.5 Å². The van der Waals surface area contributed by atoms with Crippen LogP contribution in [-0.4, -0.2) is 49.6 Å². The molecule has 122 valence electrons. The second-order valence-electron chi connectivity index (χ2n) is 7.21. The number of hydrogen-bond donors (Lipinski definition) is 2. The van der Waals surface area contributed by atoms with Crippen molar-refractivity contribution in [2.45, 2.75) is 58.4 Å². The van der Waals surface area contributed by atoms with E-state index >= 15 is 0 Å². The Balaban J connectivity index is 1.60. The van der Waals surface area contributed by atoms with Crippen LogP contribution in [0.3, 0.4) is 0 Å². The second-order valence-corrected chi connectivity index (χ2v) is 7.21. The molecule has 2 atom stereocenters. The first-order chi connectivity index (χ1) is 10.1. The van der Waals surface area contributed by atoms with Crippen molar-refractivity contribution < 1.29 is 4.79 Å². The Morgan fingerprint density at radius 1 is 1.33 bits per heavy atom. The molecule has 2 aliphatic heterocycles. The maximum absolute atomic E-state index is 12.1. The van der Waals surface area contributed by atoms with Crippen molar-refractivity contribution in [3.63, 3.8) is 0 Å². The third-order valence-corrected chi connectivity index (χ3v) is 4.92. The highest BCUT2D eigenvalue weighted by molar-refractivity contribution is 5.76. The van der Waals surface area contributed by atoms with E-state index < -0.39 is 0 Å². The van der Waals surface area contributed by atoms with Crippen LogP contribution in [0, 0.1) is 11.8 Å². The number of carbonyl (C=O) groups is 1. The molecule has 0 saturated carbocycles. The van der Waals surface area contributed by atoms with Gasteiger partial charge >= 0.3 is 0 Å². The molecule has 21 heavy (non-hydrogen) atoms. The Morgan fingerprint density at radius 3 is 2.81 bits per heavy atom. The lowest BCUT2D eigenvalue weighted by molar-refractivity contribution is -0.122. The summed E-state index contributed by atoms with van der Waals surface area (Å²) in [6, 6.07) is 0.274. The van der Waals surface area contributed by atoms with E-state index in [0.29, 0.717) is 6.42 Å². The summed E-state index contributed by atoms with van der Waals surface area (Å²) in [6.45, 7) is 10.1. The maximum atomic E-state index is 12.1. The molecule has 0 aromatic rings. The largest absolute Gasteiger partial charge is 0.352 e. The fourth-order valence-corrected chi connectivity index (χ4v) is 3.74. The summed E-state index contributed by atoms with van der Waals surface area (Å²) in [5.74, 6) is 1.79. The molecule has 1 amide bonds. The predicted octanol–water partition coefficient (Wildman–Crippen LogP) is 2.00. The lowest BCUT2D eigenvalue weighted by atomic mass is 9.93. The number of nitrogens with zero attached hydrogens (tertiary/aromatic N) is 1. The fraction of sp³-hybridized carbons (Fsp3) is 0.941. The van der Waals surface area contributed by atoms with Crippen LogP contribution in [0.25, 0.3) is 0 Å². The number of amides is 1. The van der Waals surface area contributed by atoms with Crippen LogP contribution in [0.5, 0.6) is 0 Å². The Kier molecular flexibility index (Phi) is 6.97. The van der Waals surface area contributed by atoms with E-state index in [4.69, 9.17) is 0 Å². The van der Waals surface area contributed by atoms with Gasteiger partial charge in [-0.05, 0) is 70.5 Å². The molecule has 0 aromatic carbocycles. The predicted molar refractivity (Wildman–Crippen MR) is 87.3 cm³/mol. The van der Waals surface area contributed by atoms with Crippen LogP contribution >= 0.6 is 0 Å². The topological polar surface area (TPSA) is 44.4 Å². The Bertz CT molecular complexity index is 315. The molecule has 2 unspecified atom stereocenters. The third-order valence-electron chi connectivity index (χ3n) is 4.92. The molecular weight excluding hydrogens is 262 g/mol. The Labute approximate surface area is 130 Å². The quantitative estimate of drug-likeness (QED) is 0.788. The number of piperidine rings is 2. The maximum Gasteiger partial charge on any atom is 0.220 e. The number of rotatable bonds is 6. The summed E-state index contributed by atoms with van der Waals surface area (Å²) in [5, 5.41) is 6.56. The minimum atomic E-state index is 0.242. The number of carbonyl (C=O) groups excluding carboxylic acids is 1. The highest BCUT2D eigenvalue weighted by Gasteiger charge is 2.19. The van der Waals surface area contributed by atoms with Crippen molar-refractivity contribution >= 4 is 5.91 Å². The van der Waals surface area contributed by atoms with Gasteiger partial charge in [-0.25, -0.2) is 0 Å². The number of hydrogen-bond acceptors (Lipinski definition) is 3. The van der Waals surface area contributed by atoms with Crippen LogP contribution in [-0.2, 0) is 4.79 Å². The molecule has 0 aromatic heterocycles. The zero-order chi connectivity index (χ0) is 15.1. The van der Waals surface area contributed by atoms with Gasteiger partial charge in [0.15, 0.2) is 0 Å². The molecule has 2 N–H and O–H groups in total. The summed E-state index contributed by atoms with van der Waals surface area (Å²) in [5.41, 5.74) is 0. The van der Waals surface area contributed by atoms with Gasteiger partial charge in [-0.15, -0.1) is 0 Å². The highest BCUT2D eigenvalue weighted by Crippen LogP contribution is 2.18. The van der Waals surface area contributed by atoms with E-state index in [1.165, 1.54) is 38.8 Å². The van der Waals surface area contributed by atoms with E-state index in [2.05, 4.69) is 29.4 Å². The van der Waals surface area contributed by atoms with Crippen LogP contribution in [0.2, 0.25) is 0 Å². The van der Waals surface area contributed by atoms with E-state index in [1.807, 2.05) is 0 Å². The van der Waals surface area contributed by atoms with Gasteiger partial charge in [0.2, 0.25) is 5.91 Å². The monoisotopic (exact) mass is 295 g/mol. The molecule has 2 rings (SSSR count). The van der Waals surface area contributed by atoms with E-state index in [1.54, 1.807) is 0 Å². The Morgan fingerprint density at radius 2 is 2.10 bits per heavy atom. The minimum Gasteiger partial charge on any atom is -0.352 e. The summed E-state index contributed by atoms with van der Waals surface area (Å²) in [7, 11) is 0. The summed E-state index contributed by atoms with van der Waals surface area (Å²) in [6.07, 6.45) is 6.88. The first-order valence-corrected chi connectivity index (χ1v) is 8.86. The van der Waals surface area contributed by atoms with Gasteiger partial charge in [0.05, 0.1) is 0 Å². The molecule has 4 nitrogen and oxygen atoms in total. The molecule has 2 aliphatic rings. The van der Waals surface area contributed by atoms with Gasteiger partial charge in [0, 0.05) is 25.6 Å². The first-order valence-electron chi connectivity index (χ1n) is 8.86. The third kappa shape index (κ3) is 6.35. The average Bonchev–Trinajstić information content (AvgIpc) is 2.46. The Hall–Kier alpha value is -0.610. The van der Waals surface area contributed by atoms with E-state index in [0.717, 1.165) is 37.9 Å². The van der Waals surface area contributed by atoms with Gasteiger partial charge in [0.1, 0.15) is 0 Å². The minimum absolute atomic E-state index is 0.242. The van der Waals surface area contributed by atoms with Crippen LogP contribution in [0.4, 0.5) is 0 Å². The number of likely N-dealkylation sites (tertiary alicyclic amines) is 1. The average molecular weight is 295 g/mol. The van der Waals surface area contributed by atoms with Crippen molar-refractivity contribution in [2.24, 2.45) is 11.8 Å². The van der Waals surface area contributed by atoms with Crippen molar-refractivity contribution in [1.29, 1.82) is 0 Å². The fourth-order valence-electron chi connectivity index (χ4n) is 3.74. The van der Waals surface area contributed by atoms with Crippen LogP contribution in [0.1, 0.15) is 52.4 Å². The van der Waals surface area contributed by atoms with Crippen molar-refractivity contribution in [3.8, 4) is 0 Å². The SMILES string of the molecule is CC1CCCN(CC(C)NC(=O)CCC2CCNCC2)C1. The first kappa shape index (κ1) is 16.8. The van der Waals surface area contributed by atoms with E-state index in [9.17, 15) is 4.79 Å². The molecule has 0 aliphatic carbocycles.